The lowest BCUT2D eigenvalue weighted by atomic mass is 10.2. The lowest BCUT2D eigenvalue weighted by Crippen LogP contribution is -2.16. The number of rotatable bonds is 8. The molecule has 0 saturated carbocycles. The van der Waals surface area contributed by atoms with Crippen molar-refractivity contribution in [1.82, 2.24) is 0 Å². The number of nitrogens with one attached hydrogen (secondary N) is 2. The van der Waals surface area contributed by atoms with E-state index in [2.05, 4.69) is 15.4 Å². The van der Waals surface area contributed by atoms with Crippen molar-refractivity contribution in [2.45, 2.75) is 13.0 Å². The number of hydrogen-bond acceptors (Lipinski definition) is 4. The summed E-state index contributed by atoms with van der Waals surface area (Å²) in [5.74, 6) is -0.210. The first-order valence-electron chi connectivity index (χ1n) is 7.30. The predicted octanol–water partition coefficient (Wildman–Crippen LogP) is 3.74. The first kappa shape index (κ1) is 17.5. The molecule has 0 atom stereocenters. The van der Waals surface area contributed by atoms with E-state index < -0.39 is 6.61 Å². The third kappa shape index (κ3) is 5.42. The van der Waals surface area contributed by atoms with Crippen LogP contribution in [0.25, 0.3) is 0 Å². The topological polar surface area (TPSA) is 59.6 Å². The number of amides is 1. The van der Waals surface area contributed by atoms with E-state index in [1.807, 2.05) is 30.3 Å². The van der Waals surface area contributed by atoms with Crippen molar-refractivity contribution in [3.63, 3.8) is 0 Å². The Morgan fingerprint density at radius 2 is 1.83 bits per heavy atom. The average molecular weight is 336 g/mol. The van der Waals surface area contributed by atoms with Gasteiger partial charge in [0.15, 0.2) is 11.5 Å². The first-order chi connectivity index (χ1) is 11.6. The fraction of sp³-hybridized carbons (Fsp3) is 0.235. The van der Waals surface area contributed by atoms with Crippen molar-refractivity contribution in [3.8, 4) is 11.5 Å². The van der Waals surface area contributed by atoms with E-state index >= 15 is 0 Å². The summed E-state index contributed by atoms with van der Waals surface area (Å²) in [6.07, 6.45) is 0.228. The van der Waals surface area contributed by atoms with Gasteiger partial charge in [0.05, 0.1) is 7.11 Å². The van der Waals surface area contributed by atoms with Crippen molar-refractivity contribution in [2.75, 3.05) is 24.3 Å². The lowest BCUT2D eigenvalue weighted by Gasteiger charge is -2.12. The van der Waals surface area contributed by atoms with Crippen LogP contribution in [0.4, 0.5) is 20.2 Å². The van der Waals surface area contributed by atoms with Gasteiger partial charge < -0.3 is 20.1 Å². The van der Waals surface area contributed by atoms with Crippen LogP contribution in [0.3, 0.4) is 0 Å². The van der Waals surface area contributed by atoms with Crippen LogP contribution in [0.5, 0.6) is 11.5 Å². The van der Waals surface area contributed by atoms with Gasteiger partial charge in [0.25, 0.3) is 0 Å². The Labute approximate surface area is 138 Å². The number of benzene rings is 2. The number of alkyl halides is 2. The summed E-state index contributed by atoms with van der Waals surface area (Å²) in [5.41, 5.74) is 1.28. The zero-order chi connectivity index (χ0) is 17.4. The zero-order valence-corrected chi connectivity index (χ0v) is 13.1. The van der Waals surface area contributed by atoms with Crippen LogP contribution in [-0.4, -0.2) is 26.2 Å². The third-order valence-electron chi connectivity index (χ3n) is 3.12. The van der Waals surface area contributed by atoms with Crippen LogP contribution in [0, 0.1) is 0 Å². The second kappa shape index (κ2) is 8.71. The second-order valence-electron chi connectivity index (χ2n) is 4.84. The molecule has 0 spiro atoms. The summed E-state index contributed by atoms with van der Waals surface area (Å²) in [5, 5.41) is 5.75. The molecule has 0 unspecified atom stereocenters. The van der Waals surface area contributed by atoms with E-state index in [1.165, 1.54) is 19.2 Å². The summed E-state index contributed by atoms with van der Waals surface area (Å²) in [7, 11) is 1.35. The Bertz CT molecular complexity index is 666. The van der Waals surface area contributed by atoms with Gasteiger partial charge in [-0.2, -0.15) is 8.78 Å². The molecule has 2 N–H and O–H groups in total. The van der Waals surface area contributed by atoms with Crippen molar-refractivity contribution in [3.05, 3.63) is 48.5 Å². The molecule has 2 aromatic carbocycles. The van der Waals surface area contributed by atoms with E-state index in [0.29, 0.717) is 12.2 Å². The van der Waals surface area contributed by atoms with Crippen molar-refractivity contribution < 1.29 is 23.0 Å². The number of methoxy groups -OCH3 is 1. The molecule has 0 saturated heterocycles. The van der Waals surface area contributed by atoms with Gasteiger partial charge in [-0.25, -0.2) is 0 Å². The Morgan fingerprint density at radius 1 is 1.08 bits per heavy atom. The van der Waals surface area contributed by atoms with Crippen molar-refractivity contribution in [2.24, 2.45) is 0 Å². The summed E-state index contributed by atoms with van der Waals surface area (Å²) in [4.78, 5) is 11.9. The highest BCUT2D eigenvalue weighted by Crippen LogP contribution is 2.31. The van der Waals surface area contributed by atoms with Crippen LogP contribution in [0.15, 0.2) is 48.5 Å². The molecule has 0 aliphatic rings. The minimum atomic E-state index is -2.97. The number of carbonyl (C=O) groups is 1. The predicted molar refractivity (Wildman–Crippen MR) is 87.8 cm³/mol. The van der Waals surface area contributed by atoms with Gasteiger partial charge in [-0.1, -0.05) is 18.2 Å². The molecule has 2 aromatic rings. The quantitative estimate of drug-likeness (QED) is 0.771. The standard InChI is InChI=1S/C17H18F2N2O3/c1-23-14-8-7-13(11-15(14)24-17(18)19)21-16(22)9-10-20-12-5-3-2-4-6-12/h2-8,11,17,20H,9-10H2,1H3,(H,21,22). The van der Waals surface area contributed by atoms with E-state index in [1.54, 1.807) is 6.07 Å². The molecule has 24 heavy (non-hydrogen) atoms. The molecule has 7 heteroatoms. The van der Waals surface area contributed by atoms with Gasteiger partial charge in [-0.05, 0) is 24.3 Å². The molecule has 2 rings (SSSR count). The summed E-state index contributed by atoms with van der Waals surface area (Å²) < 4.78 is 34.1. The molecule has 0 aromatic heterocycles. The molecule has 0 radical (unpaired) electrons. The highest BCUT2D eigenvalue weighted by atomic mass is 19.3. The maximum atomic E-state index is 12.4. The Kier molecular flexibility index (Phi) is 6.36. The molecule has 5 nitrogen and oxygen atoms in total. The van der Waals surface area contributed by atoms with Crippen molar-refractivity contribution >= 4 is 17.3 Å². The summed E-state index contributed by atoms with van der Waals surface area (Å²) >= 11 is 0. The maximum absolute atomic E-state index is 12.4. The highest BCUT2D eigenvalue weighted by Gasteiger charge is 2.12. The van der Waals surface area contributed by atoms with Gasteiger partial charge in [-0.3, -0.25) is 4.79 Å². The fourth-order valence-corrected chi connectivity index (χ4v) is 2.04. The average Bonchev–Trinajstić information content (AvgIpc) is 2.55. The SMILES string of the molecule is COc1ccc(NC(=O)CCNc2ccccc2)cc1OC(F)F. The lowest BCUT2D eigenvalue weighted by molar-refractivity contribution is -0.115. The summed E-state index contributed by atoms with van der Waals surface area (Å²) in [6.45, 7) is -2.52. The van der Waals surface area contributed by atoms with Gasteiger partial charge in [0.2, 0.25) is 5.91 Å². The summed E-state index contributed by atoms with van der Waals surface area (Å²) in [6, 6.07) is 13.8. The van der Waals surface area contributed by atoms with Gasteiger partial charge >= 0.3 is 6.61 Å². The number of anilines is 2. The first-order valence-corrected chi connectivity index (χ1v) is 7.30. The molecule has 0 aliphatic carbocycles. The minimum Gasteiger partial charge on any atom is -0.493 e. The van der Waals surface area contributed by atoms with E-state index in [4.69, 9.17) is 4.74 Å². The van der Waals surface area contributed by atoms with Crippen LogP contribution >= 0.6 is 0 Å². The number of ether oxygens (including phenoxy) is 2. The molecule has 1 amide bonds. The van der Waals surface area contributed by atoms with Crippen LogP contribution in [0.2, 0.25) is 0 Å². The molecule has 128 valence electrons. The molecular weight excluding hydrogens is 318 g/mol. The second-order valence-corrected chi connectivity index (χ2v) is 4.84. The molecule has 0 aliphatic heterocycles. The number of halogens is 2. The molecular formula is C17H18F2N2O3. The minimum absolute atomic E-state index is 0.132. The van der Waals surface area contributed by atoms with Gasteiger partial charge in [-0.15, -0.1) is 0 Å². The van der Waals surface area contributed by atoms with Gasteiger partial charge in [0, 0.05) is 30.4 Å². The van der Waals surface area contributed by atoms with E-state index in [9.17, 15) is 13.6 Å². The third-order valence-corrected chi connectivity index (χ3v) is 3.12. The van der Waals surface area contributed by atoms with Crippen LogP contribution < -0.4 is 20.1 Å². The van der Waals surface area contributed by atoms with E-state index in [-0.39, 0.29) is 23.8 Å². The van der Waals surface area contributed by atoms with Crippen LogP contribution in [-0.2, 0) is 4.79 Å². The Hall–Kier alpha value is -2.83. The zero-order valence-electron chi connectivity index (χ0n) is 13.1. The molecule has 0 bridgehead atoms. The number of carbonyl (C=O) groups excluding carboxylic acids is 1. The normalized spacial score (nSPS) is 10.3. The van der Waals surface area contributed by atoms with Gasteiger partial charge in [0.1, 0.15) is 0 Å². The fourth-order valence-electron chi connectivity index (χ4n) is 2.04. The van der Waals surface area contributed by atoms with Crippen LogP contribution in [0.1, 0.15) is 6.42 Å². The smallest absolute Gasteiger partial charge is 0.387 e. The van der Waals surface area contributed by atoms with E-state index in [0.717, 1.165) is 5.69 Å². The largest absolute Gasteiger partial charge is 0.493 e. The Morgan fingerprint density at radius 3 is 2.50 bits per heavy atom. The number of hydrogen-bond donors (Lipinski definition) is 2. The highest BCUT2D eigenvalue weighted by molar-refractivity contribution is 5.91. The maximum Gasteiger partial charge on any atom is 0.387 e. The molecule has 0 heterocycles. The number of para-hydroxylation sites is 1. The van der Waals surface area contributed by atoms with Crippen molar-refractivity contribution in [1.29, 1.82) is 0 Å². The monoisotopic (exact) mass is 336 g/mol. The molecule has 0 fully saturated rings. The Balaban J connectivity index is 1.88.